The van der Waals surface area contributed by atoms with Crippen molar-refractivity contribution in [2.24, 2.45) is 0 Å². The lowest BCUT2D eigenvalue weighted by Gasteiger charge is -2.20. The molecule has 45 heavy (non-hydrogen) atoms. The number of furan rings is 1. The number of hydrogen-bond acceptors (Lipinski definition) is 1. The zero-order valence-electron chi connectivity index (χ0n) is 24.5. The normalized spacial score (nSPS) is 12.4. The van der Waals surface area contributed by atoms with Crippen molar-refractivity contribution < 1.29 is 4.42 Å². The van der Waals surface area contributed by atoms with Gasteiger partial charge in [0, 0.05) is 32.6 Å². The van der Waals surface area contributed by atoms with E-state index in [1.807, 2.05) is 0 Å². The van der Waals surface area contributed by atoms with Gasteiger partial charge >= 0.3 is 0 Å². The number of rotatable bonds is 3. The van der Waals surface area contributed by atoms with E-state index in [0.717, 1.165) is 28.5 Å². The summed E-state index contributed by atoms with van der Waals surface area (Å²) in [6.45, 7) is 0. The molecule has 0 bridgehead atoms. The smallest absolute Gasteiger partial charge is 0.136 e. The fourth-order valence-corrected chi connectivity index (χ4v) is 7.77. The van der Waals surface area contributed by atoms with Crippen molar-refractivity contribution in [1.29, 1.82) is 0 Å². The summed E-state index contributed by atoms with van der Waals surface area (Å²) >= 11 is 0. The summed E-state index contributed by atoms with van der Waals surface area (Å²) < 4.78 is 6.44. The Morgan fingerprint density at radius 3 is 2.09 bits per heavy atom. The summed E-state index contributed by atoms with van der Waals surface area (Å²) in [6, 6.07) is 52.6. The molecular weight excluding hydrogens is 546 g/mol. The molecule has 9 aromatic rings. The number of para-hydroxylation sites is 2. The summed E-state index contributed by atoms with van der Waals surface area (Å²) in [5.74, 6) is 0. The van der Waals surface area contributed by atoms with Gasteiger partial charge in [0.15, 0.2) is 0 Å². The summed E-state index contributed by atoms with van der Waals surface area (Å²) in [5, 5.41) is 4.80. The molecule has 210 valence electrons. The minimum Gasteiger partial charge on any atom is -0.456 e. The molecular formula is C43H27NO. The number of fused-ring (bicyclic) bond motifs is 9. The Bertz CT molecular complexity index is 2620. The molecule has 2 heterocycles. The molecule has 1 aliphatic rings. The van der Waals surface area contributed by atoms with E-state index in [1.54, 1.807) is 0 Å². The van der Waals surface area contributed by atoms with Gasteiger partial charge in [-0.25, -0.2) is 0 Å². The Labute approximate surface area is 260 Å². The van der Waals surface area contributed by atoms with E-state index in [-0.39, 0.29) is 0 Å². The highest BCUT2D eigenvalue weighted by atomic mass is 16.3. The summed E-state index contributed by atoms with van der Waals surface area (Å²) in [6.07, 6.45) is 0.893. The minimum atomic E-state index is 0.893. The average molecular weight is 574 g/mol. The summed E-state index contributed by atoms with van der Waals surface area (Å²) in [7, 11) is 0. The van der Waals surface area contributed by atoms with Gasteiger partial charge in [0.25, 0.3) is 0 Å². The number of H-pyrrole nitrogens is 1. The molecule has 2 nitrogen and oxygen atoms in total. The third kappa shape index (κ3) is 3.51. The van der Waals surface area contributed by atoms with Crippen LogP contribution < -0.4 is 0 Å². The van der Waals surface area contributed by atoms with Crippen LogP contribution in [0, 0.1) is 0 Å². The van der Waals surface area contributed by atoms with Crippen molar-refractivity contribution in [2.45, 2.75) is 6.42 Å². The third-order valence-corrected chi connectivity index (χ3v) is 9.70. The molecule has 0 fully saturated rings. The van der Waals surface area contributed by atoms with Gasteiger partial charge in [-0.2, -0.15) is 0 Å². The van der Waals surface area contributed by atoms with Gasteiger partial charge in [-0.05, 0) is 74.7 Å². The van der Waals surface area contributed by atoms with E-state index in [0.29, 0.717) is 0 Å². The summed E-state index contributed by atoms with van der Waals surface area (Å²) in [5.41, 5.74) is 16.9. The summed E-state index contributed by atoms with van der Waals surface area (Å²) in [4.78, 5) is 3.86. The second kappa shape index (κ2) is 9.32. The van der Waals surface area contributed by atoms with Crippen LogP contribution in [0.5, 0.6) is 0 Å². The minimum absolute atomic E-state index is 0.893. The molecule has 7 aromatic carbocycles. The van der Waals surface area contributed by atoms with Crippen molar-refractivity contribution in [2.75, 3.05) is 0 Å². The van der Waals surface area contributed by atoms with Gasteiger partial charge in [0.2, 0.25) is 0 Å². The molecule has 1 aliphatic carbocycles. The maximum absolute atomic E-state index is 6.44. The Kier molecular flexibility index (Phi) is 5.09. The molecule has 2 aromatic heterocycles. The number of aromatic nitrogens is 1. The van der Waals surface area contributed by atoms with E-state index >= 15 is 0 Å². The molecule has 0 aliphatic heterocycles. The van der Waals surface area contributed by atoms with Gasteiger partial charge < -0.3 is 9.40 Å². The van der Waals surface area contributed by atoms with E-state index in [1.165, 1.54) is 77.3 Å². The lowest BCUT2D eigenvalue weighted by molar-refractivity contribution is 0.669. The van der Waals surface area contributed by atoms with Crippen LogP contribution in [0.2, 0.25) is 0 Å². The van der Waals surface area contributed by atoms with E-state index in [4.69, 9.17) is 4.42 Å². The molecule has 2 heteroatoms. The molecule has 1 N–H and O–H groups in total. The number of hydrogen-bond donors (Lipinski definition) is 1. The van der Waals surface area contributed by atoms with Gasteiger partial charge in [-0.3, -0.25) is 0 Å². The monoisotopic (exact) mass is 573 g/mol. The molecule has 0 atom stereocenters. The van der Waals surface area contributed by atoms with Crippen molar-refractivity contribution in [3.05, 3.63) is 157 Å². The first-order valence-corrected chi connectivity index (χ1v) is 15.6. The van der Waals surface area contributed by atoms with Crippen LogP contribution >= 0.6 is 0 Å². The second-order valence-electron chi connectivity index (χ2n) is 12.1. The molecule has 10 rings (SSSR count). The number of nitrogens with one attached hydrogen (secondary N) is 1. The zero-order chi connectivity index (χ0) is 29.5. The van der Waals surface area contributed by atoms with E-state index in [2.05, 4.69) is 151 Å². The van der Waals surface area contributed by atoms with Crippen LogP contribution in [-0.4, -0.2) is 4.98 Å². The molecule has 0 spiro atoms. The van der Waals surface area contributed by atoms with Crippen molar-refractivity contribution in [3.8, 4) is 44.5 Å². The second-order valence-corrected chi connectivity index (χ2v) is 12.1. The maximum Gasteiger partial charge on any atom is 0.136 e. The SMILES string of the molecule is c1ccc(-c2ccc3c([nH]c4ccccc43)c2-c2ccc3c(c2-c2cccc4oc5ccccc5c24)Cc2ccccc2-3)cc1. The van der Waals surface area contributed by atoms with Crippen LogP contribution in [0.15, 0.2) is 150 Å². The largest absolute Gasteiger partial charge is 0.456 e. The van der Waals surface area contributed by atoms with Gasteiger partial charge in [0.05, 0.1) is 5.52 Å². The lowest BCUT2D eigenvalue weighted by Crippen LogP contribution is -1.96. The van der Waals surface area contributed by atoms with Crippen molar-refractivity contribution in [1.82, 2.24) is 4.98 Å². The standard InChI is InChI=1S/C43H27NO/c1-2-11-26(12-3-1)29-21-23-32-31-15-6-8-18-37(31)44-43(32)42(29)35-24-22-30-28-14-5-4-13-27(28)25-36(30)40(35)34-17-10-20-39-41(34)33-16-7-9-19-38(33)45-39/h1-24,44H,25H2. The first-order chi connectivity index (χ1) is 22.3. The van der Waals surface area contributed by atoms with Crippen molar-refractivity contribution in [3.63, 3.8) is 0 Å². The quantitative estimate of drug-likeness (QED) is 0.224. The average Bonchev–Trinajstić information content (AvgIpc) is 3.79. The third-order valence-electron chi connectivity index (χ3n) is 9.70. The van der Waals surface area contributed by atoms with Gasteiger partial charge in [-0.1, -0.05) is 127 Å². The maximum atomic E-state index is 6.44. The first-order valence-electron chi connectivity index (χ1n) is 15.6. The van der Waals surface area contributed by atoms with E-state index < -0.39 is 0 Å². The van der Waals surface area contributed by atoms with Crippen molar-refractivity contribution >= 4 is 43.7 Å². The predicted molar refractivity (Wildman–Crippen MR) is 188 cm³/mol. The lowest BCUT2D eigenvalue weighted by atomic mass is 9.83. The first kappa shape index (κ1) is 24.6. The molecule has 0 saturated heterocycles. The topological polar surface area (TPSA) is 28.9 Å². The fraction of sp³-hybridized carbons (Fsp3) is 0.0233. The Hall–Kier alpha value is -5.86. The Balaban J connectivity index is 1.39. The number of benzene rings is 7. The Morgan fingerprint density at radius 1 is 0.444 bits per heavy atom. The fourth-order valence-electron chi connectivity index (χ4n) is 7.77. The van der Waals surface area contributed by atoms with Gasteiger partial charge in [-0.15, -0.1) is 0 Å². The highest BCUT2D eigenvalue weighted by Crippen LogP contribution is 2.51. The predicted octanol–water partition coefficient (Wildman–Crippen LogP) is 11.8. The number of aromatic amines is 1. The van der Waals surface area contributed by atoms with Crippen LogP contribution in [0.25, 0.3) is 88.3 Å². The van der Waals surface area contributed by atoms with Gasteiger partial charge in [0.1, 0.15) is 11.2 Å². The molecule has 0 saturated carbocycles. The van der Waals surface area contributed by atoms with Crippen LogP contribution in [-0.2, 0) is 6.42 Å². The molecule has 0 amide bonds. The van der Waals surface area contributed by atoms with Crippen LogP contribution in [0.4, 0.5) is 0 Å². The van der Waals surface area contributed by atoms with Crippen LogP contribution in [0.3, 0.4) is 0 Å². The van der Waals surface area contributed by atoms with E-state index in [9.17, 15) is 0 Å². The highest BCUT2D eigenvalue weighted by molar-refractivity contribution is 6.19. The van der Waals surface area contributed by atoms with Crippen LogP contribution in [0.1, 0.15) is 11.1 Å². The molecule has 0 unspecified atom stereocenters. The Morgan fingerprint density at radius 2 is 1.16 bits per heavy atom. The zero-order valence-corrected chi connectivity index (χ0v) is 24.5. The highest BCUT2D eigenvalue weighted by Gasteiger charge is 2.28. The molecule has 0 radical (unpaired) electrons.